The van der Waals surface area contributed by atoms with Crippen molar-refractivity contribution in [3.63, 3.8) is 0 Å². The van der Waals surface area contributed by atoms with Crippen LogP contribution in [0.2, 0.25) is 0 Å². The first kappa shape index (κ1) is 15.5. The van der Waals surface area contributed by atoms with Gasteiger partial charge in [0.2, 0.25) is 0 Å². The summed E-state index contributed by atoms with van der Waals surface area (Å²) in [7, 11) is 0. The molecule has 0 N–H and O–H groups in total. The van der Waals surface area contributed by atoms with Crippen LogP contribution in [-0.4, -0.2) is 24.5 Å². The van der Waals surface area contributed by atoms with Crippen molar-refractivity contribution in [2.75, 3.05) is 11.4 Å². The van der Waals surface area contributed by atoms with Crippen molar-refractivity contribution < 1.29 is 18.0 Å². The van der Waals surface area contributed by atoms with Crippen LogP contribution >= 0.6 is 0 Å². The third kappa shape index (κ3) is 4.58. The van der Waals surface area contributed by atoms with Crippen molar-refractivity contribution in [3.8, 4) is 0 Å². The van der Waals surface area contributed by atoms with Crippen LogP contribution in [0, 0.1) is 0 Å². The number of anilines is 1. The molecule has 0 amide bonds. The van der Waals surface area contributed by atoms with Crippen LogP contribution < -0.4 is 4.90 Å². The Hall–Kier alpha value is -1.52. The smallest absolute Gasteiger partial charge is 0.360 e. The Bertz CT molecular complexity index is 423. The summed E-state index contributed by atoms with van der Waals surface area (Å²) in [4.78, 5) is 12.7. The van der Waals surface area contributed by atoms with Gasteiger partial charge in [-0.25, -0.2) is 0 Å². The largest absolute Gasteiger partial charge is 0.405 e. The highest BCUT2D eigenvalue weighted by Gasteiger charge is 2.32. The molecular formula is C14H18F3NO. The molecule has 1 aromatic rings. The minimum absolute atomic E-state index is 0.0153. The Morgan fingerprint density at radius 3 is 2.11 bits per heavy atom. The number of rotatable bonds is 5. The van der Waals surface area contributed by atoms with Gasteiger partial charge in [0, 0.05) is 23.7 Å². The third-order valence-corrected chi connectivity index (χ3v) is 2.82. The molecule has 19 heavy (non-hydrogen) atoms. The predicted molar refractivity (Wildman–Crippen MR) is 69.6 cm³/mol. The van der Waals surface area contributed by atoms with Crippen molar-refractivity contribution in [2.24, 2.45) is 0 Å². The Morgan fingerprint density at radius 2 is 1.74 bits per heavy atom. The van der Waals surface area contributed by atoms with E-state index < -0.39 is 12.7 Å². The average Bonchev–Trinajstić information content (AvgIpc) is 2.34. The van der Waals surface area contributed by atoms with Gasteiger partial charge < -0.3 is 4.90 Å². The van der Waals surface area contributed by atoms with Gasteiger partial charge >= 0.3 is 6.18 Å². The number of ketones is 1. The number of hydrogen-bond donors (Lipinski definition) is 0. The number of carbonyl (C=O) groups is 1. The normalized spacial score (nSPS) is 11.7. The van der Waals surface area contributed by atoms with Crippen LogP contribution in [0.1, 0.15) is 37.6 Å². The molecule has 0 saturated heterocycles. The Kier molecular flexibility index (Phi) is 4.97. The summed E-state index contributed by atoms with van der Waals surface area (Å²) in [5.41, 5.74) is 1.00. The van der Waals surface area contributed by atoms with E-state index in [1.54, 1.807) is 45.0 Å². The molecule has 2 nitrogen and oxygen atoms in total. The number of Topliss-reactive ketones (excluding diaryl/α,β-unsaturated/α-hetero) is 1. The maximum atomic E-state index is 12.5. The zero-order chi connectivity index (χ0) is 14.6. The molecule has 0 spiro atoms. The molecule has 0 unspecified atom stereocenters. The lowest BCUT2D eigenvalue weighted by atomic mass is 10.1. The molecule has 0 aliphatic carbocycles. The van der Waals surface area contributed by atoms with Crippen LogP contribution in [0.5, 0.6) is 0 Å². The van der Waals surface area contributed by atoms with Crippen LogP contribution in [-0.2, 0) is 0 Å². The molecule has 1 rings (SSSR count). The highest BCUT2D eigenvalue weighted by Crippen LogP contribution is 2.24. The fourth-order valence-corrected chi connectivity index (χ4v) is 1.81. The number of hydrogen-bond acceptors (Lipinski definition) is 2. The van der Waals surface area contributed by atoms with Gasteiger partial charge in [-0.05, 0) is 38.1 Å². The maximum Gasteiger partial charge on any atom is 0.405 e. The maximum absolute atomic E-state index is 12.5. The summed E-state index contributed by atoms with van der Waals surface area (Å²) in [6.45, 7) is 4.17. The van der Waals surface area contributed by atoms with E-state index in [2.05, 4.69) is 0 Å². The van der Waals surface area contributed by atoms with Crippen molar-refractivity contribution >= 4 is 11.5 Å². The van der Waals surface area contributed by atoms with Crippen LogP contribution in [0.3, 0.4) is 0 Å². The van der Waals surface area contributed by atoms with E-state index in [0.29, 0.717) is 17.7 Å². The van der Waals surface area contributed by atoms with Gasteiger partial charge in [-0.1, -0.05) is 6.92 Å². The first-order valence-corrected chi connectivity index (χ1v) is 6.21. The highest BCUT2D eigenvalue weighted by atomic mass is 19.4. The Labute approximate surface area is 111 Å². The molecule has 1 aromatic carbocycles. The number of carbonyl (C=O) groups excluding carboxylic acids is 1. The average molecular weight is 273 g/mol. The standard InChI is InChI=1S/C14H18F3NO/c1-4-13(19)11-5-7-12(8-6-11)18(10(2)3)9-14(15,16)17/h5-8,10H,4,9H2,1-3H3. The van der Waals surface area contributed by atoms with Crippen LogP contribution in [0.25, 0.3) is 0 Å². The zero-order valence-corrected chi connectivity index (χ0v) is 11.3. The molecule has 0 aliphatic heterocycles. The topological polar surface area (TPSA) is 20.3 Å². The molecule has 0 atom stereocenters. The SMILES string of the molecule is CCC(=O)c1ccc(N(CC(F)(F)F)C(C)C)cc1. The fraction of sp³-hybridized carbons (Fsp3) is 0.500. The zero-order valence-electron chi connectivity index (χ0n) is 11.3. The summed E-state index contributed by atoms with van der Waals surface area (Å²) < 4.78 is 37.6. The van der Waals surface area contributed by atoms with Gasteiger partial charge in [-0.15, -0.1) is 0 Å². The second-order valence-corrected chi connectivity index (χ2v) is 4.66. The van der Waals surface area contributed by atoms with E-state index >= 15 is 0 Å². The van der Waals surface area contributed by atoms with Gasteiger partial charge in [0.15, 0.2) is 5.78 Å². The number of nitrogens with zero attached hydrogens (tertiary/aromatic N) is 1. The van der Waals surface area contributed by atoms with Gasteiger partial charge in [0.1, 0.15) is 6.54 Å². The van der Waals surface area contributed by atoms with E-state index in [1.165, 1.54) is 4.90 Å². The third-order valence-electron chi connectivity index (χ3n) is 2.82. The first-order valence-electron chi connectivity index (χ1n) is 6.21. The number of halogens is 3. The molecule has 0 aromatic heterocycles. The van der Waals surface area contributed by atoms with Gasteiger partial charge in [0.25, 0.3) is 0 Å². The Balaban J connectivity index is 2.95. The monoisotopic (exact) mass is 273 g/mol. The molecule has 0 bridgehead atoms. The van der Waals surface area contributed by atoms with E-state index in [4.69, 9.17) is 0 Å². The molecule has 0 radical (unpaired) electrons. The minimum atomic E-state index is -4.25. The summed E-state index contributed by atoms with van der Waals surface area (Å²) in [5.74, 6) is -0.0153. The lowest BCUT2D eigenvalue weighted by Crippen LogP contribution is -2.39. The molecular weight excluding hydrogens is 255 g/mol. The van der Waals surface area contributed by atoms with Crippen molar-refractivity contribution in [1.82, 2.24) is 0 Å². The fourth-order valence-electron chi connectivity index (χ4n) is 1.81. The molecule has 5 heteroatoms. The predicted octanol–water partition coefficient (Wildman–Crippen LogP) is 4.06. The van der Waals surface area contributed by atoms with Crippen molar-refractivity contribution in [2.45, 2.75) is 39.4 Å². The molecule has 0 saturated carbocycles. The van der Waals surface area contributed by atoms with E-state index in [1.807, 2.05) is 0 Å². The second kappa shape index (κ2) is 6.08. The van der Waals surface area contributed by atoms with E-state index in [0.717, 1.165) is 0 Å². The van der Waals surface area contributed by atoms with Gasteiger partial charge in [0.05, 0.1) is 0 Å². The van der Waals surface area contributed by atoms with Gasteiger partial charge in [-0.2, -0.15) is 13.2 Å². The molecule has 0 aliphatic rings. The van der Waals surface area contributed by atoms with E-state index in [9.17, 15) is 18.0 Å². The summed E-state index contributed by atoms with van der Waals surface area (Å²) in [6.07, 6.45) is -3.86. The number of benzene rings is 1. The first-order chi connectivity index (χ1) is 8.74. The lowest BCUT2D eigenvalue weighted by Gasteiger charge is -2.30. The number of alkyl halides is 3. The summed E-state index contributed by atoms with van der Waals surface area (Å²) in [6, 6.07) is 6.01. The summed E-state index contributed by atoms with van der Waals surface area (Å²) in [5, 5.41) is 0. The minimum Gasteiger partial charge on any atom is -0.360 e. The molecule has 0 fully saturated rings. The molecule has 0 heterocycles. The van der Waals surface area contributed by atoms with Gasteiger partial charge in [-0.3, -0.25) is 4.79 Å². The lowest BCUT2D eigenvalue weighted by molar-refractivity contribution is -0.120. The van der Waals surface area contributed by atoms with Crippen molar-refractivity contribution in [3.05, 3.63) is 29.8 Å². The van der Waals surface area contributed by atoms with Crippen LogP contribution in [0.15, 0.2) is 24.3 Å². The highest BCUT2D eigenvalue weighted by molar-refractivity contribution is 5.96. The quantitative estimate of drug-likeness (QED) is 0.754. The second-order valence-electron chi connectivity index (χ2n) is 4.66. The van der Waals surface area contributed by atoms with Crippen molar-refractivity contribution in [1.29, 1.82) is 0 Å². The molecule has 106 valence electrons. The Morgan fingerprint density at radius 1 is 1.21 bits per heavy atom. The summed E-state index contributed by atoms with van der Waals surface area (Å²) >= 11 is 0. The van der Waals surface area contributed by atoms with Crippen LogP contribution in [0.4, 0.5) is 18.9 Å². The van der Waals surface area contributed by atoms with E-state index in [-0.39, 0.29) is 11.8 Å².